The van der Waals surface area contributed by atoms with E-state index in [1.165, 1.54) is 6.33 Å². The molecule has 0 radical (unpaired) electrons. The van der Waals surface area contributed by atoms with E-state index in [0.717, 1.165) is 55.8 Å². The van der Waals surface area contributed by atoms with E-state index in [9.17, 15) is 9.59 Å². The van der Waals surface area contributed by atoms with E-state index >= 15 is 0 Å². The largest absolute Gasteiger partial charge is 0.493 e. The highest BCUT2D eigenvalue weighted by atomic mass is 32.3. The van der Waals surface area contributed by atoms with Gasteiger partial charge in [-0.3, -0.25) is 14.5 Å². The van der Waals surface area contributed by atoms with E-state index in [1.54, 1.807) is 7.11 Å². The first kappa shape index (κ1) is 37.2. The van der Waals surface area contributed by atoms with Gasteiger partial charge in [-0.25, -0.2) is 9.97 Å². The maximum Gasteiger partial charge on any atom is 0.245 e. The van der Waals surface area contributed by atoms with Crippen LogP contribution < -0.4 is 20.1 Å². The summed E-state index contributed by atoms with van der Waals surface area (Å²) in [4.78, 5) is 41.4. The van der Waals surface area contributed by atoms with Gasteiger partial charge in [-0.15, -0.1) is 0 Å². The van der Waals surface area contributed by atoms with Crippen LogP contribution in [0.3, 0.4) is 0 Å². The minimum Gasteiger partial charge on any atom is -0.493 e. The number of fused-ring (bicyclic) bond motifs is 2. The lowest BCUT2D eigenvalue weighted by Gasteiger charge is -2.31. The summed E-state index contributed by atoms with van der Waals surface area (Å²) in [7, 11) is 0.557. The normalized spacial score (nSPS) is 18.4. The second kappa shape index (κ2) is 17.2. The number of carbonyl (C=O) groups is 2. The molecule has 50 heavy (non-hydrogen) atoms. The van der Waals surface area contributed by atoms with Gasteiger partial charge in [0.15, 0.2) is 11.5 Å². The smallest absolute Gasteiger partial charge is 0.245 e. The summed E-state index contributed by atoms with van der Waals surface area (Å²) in [5, 5.41) is 10.7. The third kappa shape index (κ3) is 10.5. The molecule has 2 aliphatic heterocycles. The molecule has 2 bridgehead atoms. The molecular formula is C38H52N6O5S. The molecule has 11 nitrogen and oxygen atoms in total. The molecule has 0 aliphatic carbocycles. The number of amides is 2. The number of morpholine rings is 1. The quantitative estimate of drug-likeness (QED) is 0.335. The lowest BCUT2D eigenvalue weighted by atomic mass is 10.0. The zero-order valence-electron chi connectivity index (χ0n) is 30.3. The van der Waals surface area contributed by atoms with Gasteiger partial charge in [0.1, 0.15) is 18.2 Å². The number of aromatic nitrogens is 2. The number of nitrogens with one attached hydrogen (secondary N) is 2. The van der Waals surface area contributed by atoms with Gasteiger partial charge in [0, 0.05) is 55.4 Å². The number of nitrogens with zero attached hydrogens (tertiary/aromatic N) is 4. The van der Waals surface area contributed by atoms with Crippen molar-refractivity contribution in [2.45, 2.75) is 45.6 Å². The summed E-state index contributed by atoms with van der Waals surface area (Å²) < 4.78 is 17.5. The highest BCUT2D eigenvalue weighted by molar-refractivity contribution is 8.36. The third-order valence-corrected chi connectivity index (χ3v) is 9.34. The van der Waals surface area contributed by atoms with Crippen LogP contribution in [-0.4, -0.2) is 116 Å². The Morgan fingerprint density at radius 3 is 2.58 bits per heavy atom. The molecule has 2 N–H and O–H groups in total. The fourth-order valence-electron chi connectivity index (χ4n) is 6.11. The van der Waals surface area contributed by atoms with Crippen molar-refractivity contribution in [2.75, 3.05) is 83.7 Å². The average molecular weight is 705 g/mol. The Kier molecular flexibility index (Phi) is 12.8. The SMILES string of the molecule is COc1cc2ncnc3c2cc1OCCCN(CCCN1CCOCC1)C(=O)[C@H](CC(C)C)NC(=O)Cc1ccc(C#CS(C)(C)C)cc1N3. The molecule has 270 valence electrons. The predicted octanol–water partition coefficient (Wildman–Crippen LogP) is 4.79. The predicted molar refractivity (Wildman–Crippen MR) is 202 cm³/mol. The lowest BCUT2D eigenvalue weighted by molar-refractivity contribution is -0.137. The topological polar surface area (TPSA) is 118 Å². The van der Waals surface area contributed by atoms with E-state index in [-0.39, 0.29) is 24.2 Å². The van der Waals surface area contributed by atoms with E-state index in [2.05, 4.69) is 69.3 Å². The number of methoxy groups -OCH3 is 1. The fraction of sp³-hybridized carbons (Fsp3) is 0.526. The highest BCUT2D eigenvalue weighted by Crippen LogP contribution is 2.36. The van der Waals surface area contributed by atoms with Crippen LogP contribution in [0.15, 0.2) is 36.7 Å². The molecule has 2 amide bonds. The Morgan fingerprint density at radius 2 is 1.84 bits per heavy atom. The molecule has 12 heteroatoms. The summed E-state index contributed by atoms with van der Waals surface area (Å²) in [5.74, 6) is 4.94. The van der Waals surface area contributed by atoms with E-state index in [1.807, 2.05) is 35.2 Å². The molecule has 0 unspecified atom stereocenters. The number of ether oxygens (including phenoxy) is 3. The second-order valence-corrected chi connectivity index (χ2v) is 17.9. The molecular weight excluding hydrogens is 653 g/mol. The summed E-state index contributed by atoms with van der Waals surface area (Å²) in [6, 6.07) is 8.91. The van der Waals surface area contributed by atoms with E-state index < -0.39 is 16.1 Å². The highest BCUT2D eigenvalue weighted by Gasteiger charge is 2.27. The van der Waals surface area contributed by atoms with Crippen LogP contribution in [0.2, 0.25) is 0 Å². The first-order valence-electron chi connectivity index (χ1n) is 17.4. The number of hydrogen-bond donors (Lipinski definition) is 2. The van der Waals surface area contributed by atoms with Crippen LogP contribution in [0.1, 0.15) is 44.2 Å². The molecule has 2 aliphatic rings. The molecule has 1 fully saturated rings. The van der Waals surface area contributed by atoms with Gasteiger partial charge in [-0.1, -0.05) is 25.8 Å². The third-order valence-electron chi connectivity index (χ3n) is 8.62. The van der Waals surface area contributed by atoms with Crippen LogP contribution in [-0.2, 0) is 20.7 Å². The summed E-state index contributed by atoms with van der Waals surface area (Å²) >= 11 is 0. The van der Waals surface area contributed by atoms with Crippen molar-refractivity contribution >= 4 is 44.3 Å². The monoisotopic (exact) mass is 704 g/mol. The minimum absolute atomic E-state index is 0.0614. The van der Waals surface area contributed by atoms with Gasteiger partial charge in [0.2, 0.25) is 11.8 Å². The minimum atomic E-state index is -1.05. The Labute approximate surface area is 298 Å². The van der Waals surface area contributed by atoms with Crippen LogP contribution in [0.4, 0.5) is 11.5 Å². The van der Waals surface area contributed by atoms with E-state index in [0.29, 0.717) is 61.1 Å². The Balaban J connectivity index is 1.51. The maximum atomic E-state index is 14.2. The van der Waals surface area contributed by atoms with E-state index in [4.69, 9.17) is 14.2 Å². The number of anilines is 2. The number of hydrogen-bond acceptors (Lipinski definition) is 9. The van der Waals surface area contributed by atoms with Gasteiger partial charge in [-0.05, 0) is 73.0 Å². The van der Waals surface area contributed by atoms with Gasteiger partial charge in [-0.2, -0.15) is 10.0 Å². The molecule has 3 aromatic rings. The van der Waals surface area contributed by atoms with Crippen LogP contribution in [0.5, 0.6) is 11.5 Å². The van der Waals surface area contributed by atoms with Gasteiger partial charge in [0.05, 0.1) is 38.9 Å². The molecule has 3 heterocycles. The molecule has 1 saturated heterocycles. The first-order chi connectivity index (χ1) is 24.0. The van der Waals surface area contributed by atoms with Crippen molar-refractivity contribution in [1.82, 2.24) is 25.1 Å². The Hall–Kier alpha value is -4.05. The Bertz CT molecular complexity index is 1710. The summed E-state index contributed by atoms with van der Waals surface area (Å²) in [5.41, 5.74) is 2.98. The molecule has 0 saturated carbocycles. The van der Waals surface area contributed by atoms with Crippen molar-refractivity contribution in [2.24, 2.45) is 5.92 Å². The zero-order valence-corrected chi connectivity index (χ0v) is 31.2. The van der Waals surface area contributed by atoms with Crippen LogP contribution >= 0.6 is 10.0 Å². The maximum absolute atomic E-state index is 14.2. The van der Waals surface area contributed by atoms with Crippen molar-refractivity contribution in [3.63, 3.8) is 0 Å². The number of rotatable bonds is 7. The fourth-order valence-corrected chi connectivity index (χ4v) is 6.54. The molecule has 1 atom stereocenters. The summed E-state index contributed by atoms with van der Waals surface area (Å²) in [6.45, 7) is 9.76. The van der Waals surface area contributed by atoms with Gasteiger partial charge < -0.3 is 29.7 Å². The van der Waals surface area contributed by atoms with Crippen molar-refractivity contribution in [3.05, 3.63) is 47.8 Å². The average Bonchev–Trinajstić information content (AvgIpc) is 3.08. The van der Waals surface area contributed by atoms with Gasteiger partial charge >= 0.3 is 0 Å². The van der Waals surface area contributed by atoms with Gasteiger partial charge in [0.25, 0.3) is 0 Å². The molecule has 2 aromatic carbocycles. The number of benzene rings is 2. The van der Waals surface area contributed by atoms with Crippen molar-refractivity contribution in [3.8, 4) is 22.7 Å². The van der Waals surface area contributed by atoms with Crippen molar-refractivity contribution in [1.29, 1.82) is 0 Å². The zero-order chi connectivity index (χ0) is 35.7. The molecule has 5 rings (SSSR count). The molecule has 1 aromatic heterocycles. The standard InChI is InChI=1S/C38H52N6O5S/c1-27(2)21-33-38(46)44(13-7-12-43-15-18-48-19-16-43)14-8-17-49-35-24-30-32(25-34(35)47-3)39-26-40-37(30)42-31-22-28(11-20-50(4,5)6)9-10-29(31)23-36(45)41-33/h9-10,22,24-27,33H,7-8,12-19,21,23H2,1-6H3,(H,41,45)(H,39,40,42)/t33-/m0/s1. The molecule has 0 spiro atoms. The van der Waals surface area contributed by atoms with Crippen molar-refractivity contribution < 1.29 is 23.8 Å². The number of carbonyl (C=O) groups excluding carboxylic acids is 2. The van der Waals surface area contributed by atoms with Crippen LogP contribution in [0.25, 0.3) is 10.9 Å². The Morgan fingerprint density at radius 1 is 1.04 bits per heavy atom. The lowest BCUT2D eigenvalue weighted by Crippen LogP contribution is -2.50. The van der Waals surface area contributed by atoms with Crippen LogP contribution in [0, 0.1) is 17.1 Å². The summed E-state index contributed by atoms with van der Waals surface area (Å²) in [6.07, 6.45) is 10.00. The first-order valence-corrected chi connectivity index (χ1v) is 20.3. The second-order valence-electron chi connectivity index (χ2n) is 14.1.